The van der Waals surface area contributed by atoms with Gasteiger partial charge in [0.15, 0.2) is 0 Å². The summed E-state index contributed by atoms with van der Waals surface area (Å²) >= 11 is 0. The predicted molar refractivity (Wildman–Crippen MR) is 156 cm³/mol. The molecule has 38 heavy (non-hydrogen) atoms. The minimum atomic E-state index is -0.232. The lowest BCUT2D eigenvalue weighted by Gasteiger charge is -2.71. The third kappa shape index (κ3) is 3.38. The van der Waals surface area contributed by atoms with E-state index in [1.54, 1.807) is 11.1 Å². The van der Waals surface area contributed by atoms with Crippen LogP contribution >= 0.6 is 0 Å². The van der Waals surface area contributed by atoms with Crippen LogP contribution in [0.15, 0.2) is 11.1 Å². The second-order valence-electron chi connectivity index (χ2n) is 17.2. The number of allylic oxidation sites excluding steroid dienone is 1. The molecule has 1 saturated heterocycles. The number of carbonyl (C=O) groups excluding carboxylic acids is 1. The van der Waals surface area contributed by atoms with Gasteiger partial charge in [-0.1, -0.05) is 59.6 Å². The van der Waals surface area contributed by atoms with Crippen LogP contribution in [0.25, 0.3) is 0 Å². The van der Waals surface area contributed by atoms with Gasteiger partial charge in [0.05, 0.1) is 11.5 Å². The molecule has 6 rings (SSSR count). The maximum absolute atomic E-state index is 14.5. The van der Waals surface area contributed by atoms with Crippen molar-refractivity contribution in [3.05, 3.63) is 11.1 Å². The molecule has 1 aliphatic heterocycles. The molecule has 1 N–H and O–H groups in total. The normalized spacial score (nSPS) is 49.6. The lowest BCUT2D eigenvalue weighted by molar-refractivity contribution is -0.205. The van der Waals surface area contributed by atoms with Crippen molar-refractivity contribution >= 4 is 5.91 Å². The molecule has 1 heterocycles. The van der Waals surface area contributed by atoms with Crippen molar-refractivity contribution in [2.24, 2.45) is 44.3 Å². The fourth-order valence-electron chi connectivity index (χ4n) is 12.1. The van der Waals surface area contributed by atoms with Gasteiger partial charge >= 0.3 is 0 Å². The molecular formula is C35H57NO2. The number of aliphatic hydroxyl groups is 1. The summed E-state index contributed by atoms with van der Waals surface area (Å²) < 4.78 is 0. The van der Waals surface area contributed by atoms with E-state index in [0.29, 0.717) is 29.2 Å². The van der Waals surface area contributed by atoms with Crippen LogP contribution in [-0.2, 0) is 4.79 Å². The Balaban J connectivity index is 1.44. The van der Waals surface area contributed by atoms with Crippen molar-refractivity contribution in [3.63, 3.8) is 0 Å². The van der Waals surface area contributed by atoms with Crippen LogP contribution in [0.1, 0.15) is 139 Å². The van der Waals surface area contributed by atoms with E-state index in [2.05, 4.69) is 60.3 Å². The molecule has 0 aromatic rings. The summed E-state index contributed by atoms with van der Waals surface area (Å²) in [5, 5.41) is 11.0. The van der Waals surface area contributed by atoms with Gasteiger partial charge in [0, 0.05) is 12.6 Å². The van der Waals surface area contributed by atoms with Crippen LogP contribution in [0.4, 0.5) is 0 Å². The Kier molecular flexibility index (Phi) is 6.01. The number of amides is 1. The minimum absolute atomic E-state index is 0.00191. The van der Waals surface area contributed by atoms with Crippen LogP contribution in [0.5, 0.6) is 0 Å². The Bertz CT molecular complexity index is 1040. The first kappa shape index (κ1) is 27.3. The number of fused-ring (bicyclic) bond motifs is 6. The first-order chi connectivity index (χ1) is 17.6. The number of hydrogen-bond acceptors (Lipinski definition) is 2. The van der Waals surface area contributed by atoms with Crippen LogP contribution in [0, 0.1) is 44.3 Å². The van der Waals surface area contributed by atoms with Gasteiger partial charge in [0.1, 0.15) is 0 Å². The monoisotopic (exact) mass is 523 g/mol. The number of rotatable bonds is 1. The summed E-state index contributed by atoms with van der Waals surface area (Å²) in [7, 11) is 0. The van der Waals surface area contributed by atoms with Crippen molar-refractivity contribution in [2.75, 3.05) is 6.54 Å². The van der Waals surface area contributed by atoms with E-state index in [9.17, 15) is 9.90 Å². The fraction of sp³-hybridized carbons (Fsp3) is 0.914. The zero-order valence-corrected chi connectivity index (χ0v) is 26.0. The van der Waals surface area contributed by atoms with Crippen molar-refractivity contribution in [1.82, 2.24) is 4.90 Å². The molecule has 0 spiro atoms. The number of hydrogen-bond donors (Lipinski definition) is 1. The quantitative estimate of drug-likeness (QED) is 0.351. The van der Waals surface area contributed by atoms with Gasteiger partial charge in [-0.15, -0.1) is 0 Å². The maximum atomic E-state index is 14.5. The lowest BCUT2D eigenvalue weighted by Crippen LogP contribution is -2.64. The summed E-state index contributed by atoms with van der Waals surface area (Å²) in [5.74, 6) is 1.80. The summed E-state index contributed by atoms with van der Waals surface area (Å²) in [4.78, 5) is 16.8. The largest absolute Gasteiger partial charge is 0.393 e. The van der Waals surface area contributed by atoms with E-state index in [-0.39, 0.29) is 33.2 Å². The molecule has 3 heteroatoms. The Morgan fingerprint density at radius 3 is 2.21 bits per heavy atom. The van der Waals surface area contributed by atoms with E-state index in [1.807, 2.05) is 0 Å². The van der Waals surface area contributed by atoms with E-state index in [1.165, 1.54) is 57.8 Å². The van der Waals surface area contributed by atoms with Gasteiger partial charge in [-0.3, -0.25) is 4.79 Å². The molecule has 8 atom stereocenters. The van der Waals surface area contributed by atoms with Gasteiger partial charge in [0.25, 0.3) is 0 Å². The number of likely N-dealkylation sites (tertiary alicyclic amines) is 1. The highest BCUT2D eigenvalue weighted by Crippen LogP contribution is 2.75. The van der Waals surface area contributed by atoms with Gasteiger partial charge in [-0.2, -0.15) is 0 Å². The Labute approximate surface area is 233 Å². The zero-order valence-electron chi connectivity index (χ0n) is 26.0. The molecule has 4 saturated carbocycles. The van der Waals surface area contributed by atoms with Gasteiger partial charge < -0.3 is 10.0 Å². The van der Waals surface area contributed by atoms with Crippen molar-refractivity contribution < 1.29 is 9.90 Å². The van der Waals surface area contributed by atoms with Crippen molar-refractivity contribution in [1.29, 1.82) is 0 Å². The minimum Gasteiger partial charge on any atom is -0.393 e. The SMILES string of the molecule is C[C@H]1CCCN1C(=O)[C@]12CCC(C)(C)CC1=C1CC[C@@H]3[C@@]4(C)CCC(O)C(C)(C)[C@@H]4CC[C@@]3(C)[C@]1(C)CC2. The van der Waals surface area contributed by atoms with Gasteiger partial charge in [0.2, 0.25) is 5.91 Å². The molecule has 0 aromatic heterocycles. The molecule has 214 valence electrons. The second-order valence-corrected chi connectivity index (χ2v) is 17.2. The summed E-state index contributed by atoms with van der Waals surface area (Å²) in [5.41, 5.74) is 4.15. The first-order valence-corrected chi connectivity index (χ1v) is 16.3. The average Bonchev–Trinajstić information content (AvgIpc) is 3.27. The predicted octanol–water partition coefficient (Wildman–Crippen LogP) is 8.30. The molecule has 0 bridgehead atoms. The van der Waals surface area contributed by atoms with Crippen LogP contribution < -0.4 is 0 Å². The fourth-order valence-corrected chi connectivity index (χ4v) is 12.1. The van der Waals surface area contributed by atoms with Crippen LogP contribution in [0.2, 0.25) is 0 Å². The van der Waals surface area contributed by atoms with Gasteiger partial charge in [-0.05, 0) is 129 Å². The van der Waals surface area contributed by atoms with Crippen molar-refractivity contribution in [3.8, 4) is 0 Å². The van der Waals surface area contributed by atoms with E-state index < -0.39 is 0 Å². The standard InChI is InChI=1S/C35H57NO2/c1-23-10-9-21-36(23)29(38)35-19-17-30(2,3)22-25(35)24-11-12-27-32(6)15-14-28(37)31(4,5)26(32)13-16-34(27,8)33(24,7)18-20-35/h23,26-28,37H,9-22H2,1-8H3/t23-,26-,27+,28?,32-,33+,34+,35-/m0/s1. The molecule has 3 nitrogen and oxygen atoms in total. The third-order valence-corrected chi connectivity index (χ3v) is 14.7. The highest BCUT2D eigenvalue weighted by molar-refractivity contribution is 5.87. The summed E-state index contributed by atoms with van der Waals surface area (Å²) in [6.45, 7) is 20.8. The topological polar surface area (TPSA) is 40.5 Å². The highest BCUT2D eigenvalue weighted by Gasteiger charge is 2.68. The number of nitrogens with zero attached hydrogens (tertiary/aromatic N) is 1. The molecular weight excluding hydrogens is 466 g/mol. The molecule has 5 aliphatic carbocycles. The average molecular weight is 524 g/mol. The first-order valence-electron chi connectivity index (χ1n) is 16.3. The molecule has 5 fully saturated rings. The van der Waals surface area contributed by atoms with Gasteiger partial charge in [-0.25, -0.2) is 0 Å². The Hall–Kier alpha value is -0.830. The van der Waals surface area contributed by atoms with Crippen molar-refractivity contribution in [2.45, 2.75) is 151 Å². The van der Waals surface area contributed by atoms with Crippen LogP contribution in [0.3, 0.4) is 0 Å². The number of carbonyl (C=O) groups is 1. The Morgan fingerprint density at radius 2 is 1.53 bits per heavy atom. The van der Waals surface area contributed by atoms with Crippen LogP contribution in [-0.4, -0.2) is 34.6 Å². The molecule has 1 unspecified atom stereocenters. The molecule has 0 aromatic carbocycles. The molecule has 0 radical (unpaired) electrons. The zero-order chi connectivity index (χ0) is 27.5. The van der Waals surface area contributed by atoms with E-state index in [0.717, 1.165) is 32.2 Å². The van der Waals surface area contributed by atoms with E-state index in [4.69, 9.17) is 0 Å². The lowest BCUT2D eigenvalue weighted by atomic mass is 9.34. The summed E-state index contributed by atoms with van der Waals surface area (Å²) in [6.07, 6.45) is 14.9. The molecule has 1 amide bonds. The second kappa shape index (κ2) is 8.36. The smallest absolute Gasteiger partial charge is 0.233 e. The Morgan fingerprint density at radius 1 is 0.816 bits per heavy atom. The third-order valence-electron chi connectivity index (χ3n) is 14.7. The molecule has 6 aliphatic rings. The summed E-state index contributed by atoms with van der Waals surface area (Å²) in [6, 6.07) is 0.403. The van der Waals surface area contributed by atoms with E-state index >= 15 is 0 Å². The number of aliphatic hydroxyl groups excluding tert-OH is 1. The highest BCUT2D eigenvalue weighted by atomic mass is 16.3. The maximum Gasteiger partial charge on any atom is 0.233 e.